The van der Waals surface area contributed by atoms with E-state index in [2.05, 4.69) is 4.90 Å². The number of likely N-dealkylation sites (N-methyl/N-ethyl adjacent to an activating group) is 1. The van der Waals surface area contributed by atoms with Crippen molar-refractivity contribution in [2.24, 2.45) is 17.6 Å². The van der Waals surface area contributed by atoms with Crippen LogP contribution in [0.1, 0.15) is 51.2 Å². The number of carbonyl (C=O) groups excluding carboxylic acids is 2. The number of nitrogens with zero attached hydrogens (tertiary/aromatic N) is 3. The van der Waals surface area contributed by atoms with Gasteiger partial charge in [0.1, 0.15) is 30.0 Å². The van der Waals surface area contributed by atoms with E-state index in [4.69, 9.17) is 10.5 Å². The fourth-order valence-corrected chi connectivity index (χ4v) is 6.96. The Kier molecular flexibility index (Phi) is 7.11. The summed E-state index contributed by atoms with van der Waals surface area (Å²) >= 11 is 0. The number of carbonyl (C=O) groups is 2. The highest BCUT2D eigenvalue weighted by molar-refractivity contribution is 5.99. The van der Waals surface area contributed by atoms with Crippen LogP contribution >= 0.6 is 0 Å². The predicted molar refractivity (Wildman–Crippen MR) is 147 cm³/mol. The third-order valence-corrected chi connectivity index (χ3v) is 8.81. The molecule has 10 heteroatoms. The first-order chi connectivity index (χ1) is 19.7. The number of primary amides is 1. The summed E-state index contributed by atoms with van der Waals surface area (Å²) in [5.74, 6) is -2.57. The van der Waals surface area contributed by atoms with Crippen molar-refractivity contribution in [1.82, 2.24) is 14.4 Å². The second kappa shape index (κ2) is 10.7. The Hall–Kier alpha value is -4.05. The van der Waals surface area contributed by atoms with Gasteiger partial charge < -0.3 is 19.9 Å². The molecule has 41 heavy (non-hydrogen) atoms. The number of hydrogen-bond donors (Lipinski definition) is 1. The van der Waals surface area contributed by atoms with Crippen LogP contribution in [-0.2, 0) is 19.6 Å². The molecule has 2 aromatic carbocycles. The van der Waals surface area contributed by atoms with Gasteiger partial charge in [-0.3, -0.25) is 19.3 Å². The summed E-state index contributed by atoms with van der Waals surface area (Å²) in [4.78, 5) is 44.1. The van der Waals surface area contributed by atoms with E-state index in [1.54, 1.807) is 4.57 Å². The monoisotopic (exact) mass is 562 g/mol. The highest BCUT2D eigenvalue weighted by atomic mass is 19.1. The van der Waals surface area contributed by atoms with Crippen molar-refractivity contribution in [2.45, 2.75) is 51.0 Å². The summed E-state index contributed by atoms with van der Waals surface area (Å²) in [5, 5.41) is 0. The number of fused-ring (bicyclic) bond motifs is 4. The van der Waals surface area contributed by atoms with Gasteiger partial charge in [-0.2, -0.15) is 0 Å². The average Bonchev–Trinajstić information content (AvgIpc) is 2.94. The molecule has 2 amide bonds. The first kappa shape index (κ1) is 27.1. The molecule has 2 N–H and O–H groups in total. The highest BCUT2D eigenvalue weighted by Crippen LogP contribution is 2.43. The average molecular weight is 563 g/mol. The van der Waals surface area contributed by atoms with Crippen LogP contribution in [-0.4, -0.2) is 52.0 Å². The van der Waals surface area contributed by atoms with Gasteiger partial charge in [0.25, 0.3) is 11.8 Å². The van der Waals surface area contributed by atoms with Crippen molar-refractivity contribution in [3.63, 3.8) is 0 Å². The van der Waals surface area contributed by atoms with Crippen LogP contribution < -0.4 is 15.9 Å². The van der Waals surface area contributed by atoms with Crippen molar-refractivity contribution in [3.05, 3.63) is 99.0 Å². The Bertz CT molecular complexity index is 1560. The van der Waals surface area contributed by atoms with Gasteiger partial charge in [0.2, 0.25) is 5.43 Å². The zero-order valence-electron chi connectivity index (χ0n) is 22.8. The molecule has 0 bridgehead atoms. The summed E-state index contributed by atoms with van der Waals surface area (Å²) in [7, 11) is 1.96. The number of amides is 2. The number of rotatable bonds is 6. The summed E-state index contributed by atoms with van der Waals surface area (Å²) in [5.41, 5.74) is 5.89. The summed E-state index contributed by atoms with van der Waals surface area (Å²) in [6.07, 6.45) is 4.04. The zero-order valence-corrected chi connectivity index (χ0v) is 22.8. The smallest absolute Gasteiger partial charge is 0.276 e. The highest BCUT2D eigenvalue weighted by Gasteiger charge is 2.51. The normalized spacial score (nSPS) is 23.9. The lowest BCUT2D eigenvalue weighted by molar-refractivity contribution is -0.0813. The lowest BCUT2D eigenvalue weighted by Crippen LogP contribution is -2.68. The summed E-state index contributed by atoms with van der Waals surface area (Å²) in [6.45, 7) is 1.08. The Morgan fingerprint density at radius 2 is 1.85 bits per heavy atom. The topological polar surface area (TPSA) is 97.9 Å². The first-order valence-electron chi connectivity index (χ1n) is 13.9. The molecule has 214 valence electrons. The lowest BCUT2D eigenvalue weighted by Gasteiger charge is -2.57. The van der Waals surface area contributed by atoms with Crippen LogP contribution in [0.2, 0.25) is 0 Å². The maximum absolute atomic E-state index is 14.7. The molecule has 6 rings (SSSR count). The van der Waals surface area contributed by atoms with Crippen LogP contribution in [0, 0.1) is 23.5 Å². The van der Waals surface area contributed by atoms with E-state index in [0.29, 0.717) is 18.5 Å². The van der Waals surface area contributed by atoms with Crippen molar-refractivity contribution >= 4 is 11.8 Å². The predicted octanol–water partition coefficient (Wildman–Crippen LogP) is 3.56. The fraction of sp³-hybridized carbons (Fsp3) is 0.387. The fourth-order valence-electron chi connectivity index (χ4n) is 6.96. The molecule has 3 aliphatic rings. The van der Waals surface area contributed by atoms with Gasteiger partial charge in [0, 0.05) is 24.8 Å². The molecular weight excluding hydrogens is 530 g/mol. The zero-order chi connectivity index (χ0) is 28.8. The standard InChI is InChI=1S/C31H32F2N4O4/c1-35-14-21-9-5-8-20(12-19-10-11-22(32)13-24(19)33)26(21)37-25(35)16-36-15-23(30(34)39)28(38)29(27(36)31(37)40)41-17-18-6-3-2-4-7-18/h2-4,6-7,10-11,13,15,20-21,25-26H,5,8-9,12,14,16-17H2,1H3,(H2,34,39). The number of halogens is 2. The molecule has 2 fully saturated rings. The van der Waals surface area contributed by atoms with E-state index < -0.39 is 23.0 Å². The molecule has 3 heterocycles. The van der Waals surface area contributed by atoms with E-state index in [1.807, 2.05) is 42.3 Å². The van der Waals surface area contributed by atoms with Crippen molar-refractivity contribution < 1.29 is 23.1 Å². The first-order valence-corrected chi connectivity index (χ1v) is 13.9. The number of ether oxygens (including phenoxy) is 1. The minimum atomic E-state index is -0.893. The van der Waals surface area contributed by atoms with E-state index >= 15 is 0 Å². The van der Waals surface area contributed by atoms with E-state index in [1.165, 1.54) is 18.3 Å². The number of nitrogens with two attached hydrogens (primary N) is 1. The van der Waals surface area contributed by atoms with Crippen molar-refractivity contribution in [2.75, 3.05) is 13.6 Å². The molecule has 0 spiro atoms. The number of benzene rings is 2. The molecule has 1 aliphatic carbocycles. The molecule has 4 unspecified atom stereocenters. The molecule has 1 aromatic heterocycles. The largest absolute Gasteiger partial charge is 0.483 e. The van der Waals surface area contributed by atoms with Crippen LogP contribution in [0.25, 0.3) is 0 Å². The van der Waals surface area contributed by atoms with Gasteiger partial charge in [-0.1, -0.05) is 42.8 Å². The van der Waals surface area contributed by atoms with Gasteiger partial charge in [0.05, 0.1) is 6.54 Å². The number of hydrogen-bond acceptors (Lipinski definition) is 5. The molecule has 0 radical (unpaired) electrons. The van der Waals surface area contributed by atoms with Gasteiger partial charge in [-0.25, -0.2) is 8.78 Å². The Morgan fingerprint density at radius 3 is 2.59 bits per heavy atom. The lowest BCUT2D eigenvalue weighted by atomic mass is 9.71. The third-order valence-electron chi connectivity index (χ3n) is 8.81. The Balaban J connectivity index is 1.41. The van der Waals surface area contributed by atoms with Crippen molar-refractivity contribution in [3.8, 4) is 5.75 Å². The summed E-state index contributed by atoms with van der Waals surface area (Å²) in [6, 6.07) is 12.7. The molecule has 3 aromatic rings. The Labute approximate surface area is 236 Å². The number of aromatic nitrogens is 1. The second-order valence-corrected chi connectivity index (χ2v) is 11.4. The van der Waals surface area contributed by atoms with E-state index in [0.717, 1.165) is 37.4 Å². The molecule has 1 saturated carbocycles. The number of pyridine rings is 1. The van der Waals surface area contributed by atoms with Crippen LogP contribution in [0.4, 0.5) is 8.78 Å². The second-order valence-electron chi connectivity index (χ2n) is 11.4. The van der Waals surface area contributed by atoms with Crippen LogP contribution in [0.15, 0.2) is 59.5 Å². The molecule has 1 saturated heterocycles. The SMILES string of the molecule is CN1CC2CCCC(Cc3ccc(F)cc3F)C2N2C(=O)c3c(OCc4ccccc4)c(=O)c(C(N)=O)cn3CC12. The minimum absolute atomic E-state index is 0.0282. The minimum Gasteiger partial charge on any atom is -0.483 e. The molecule has 8 nitrogen and oxygen atoms in total. The molecular formula is C31H32F2N4O4. The maximum atomic E-state index is 14.7. The van der Waals surface area contributed by atoms with Gasteiger partial charge in [-0.05, 0) is 55.3 Å². The van der Waals surface area contributed by atoms with E-state index in [-0.39, 0.29) is 53.6 Å². The Morgan fingerprint density at radius 1 is 1.07 bits per heavy atom. The van der Waals surface area contributed by atoms with Crippen molar-refractivity contribution in [1.29, 1.82) is 0 Å². The quantitative estimate of drug-likeness (QED) is 0.496. The third kappa shape index (κ3) is 4.90. The molecule has 4 atom stereocenters. The summed E-state index contributed by atoms with van der Waals surface area (Å²) < 4.78 is 35.9. The van der Waals surface area contributed by atoms with Gasteiger partial charge in [0.15, 0.2) is 11.4 Å². The van der Waals surface area contributed by atoms with E-state index in [9.17, 15) is 23.2 Å². The maximum Gasteiger partial charge on any atom is 0.276 e. The molecule has 2 aliphatic heterocycles. The van der Waals surface area contributed by atoms with Gasteiger partial charge >= 0.3 is 0 Å². The van der Waals surface area contributed by atoms with Crippen LogP contribution in [0.3, 0.4) is 0 Å². The van der Waals surface area contributed by atoms with Crippen LogP contribution in [0.5, 0.6) is 5.75 Å². The van der Waals surface area contributed by atoms with Gasteiger partial charge in [-0.15, -0.1) is 0 Å².